The van der Waals surface area contributed by atoms with Crippen LogP contribution in [0.3, 0.4) is 0 Å². The summed E-state index contributed by atoms with van der Waals surface area (Å²) in [7, 11) is 0. The maximum atomic E-state index is 7.99. The summed E-state index contributed by atoms with van der Waals surface area (Å²) in [6.07, 6.45) is 3.57. The number of nitrogens with one attached hydrogen (secondary N) is 2. The first-order chi connectivity index (χ1) is 14.0. The number of amidine groups is 1. The van der Waals surface area contributed by atoms with Crippen molar-refractivity contribution in [2.45, 2.75) is 18.9 Å². The Balaban J connectivity index is 1.63. The molecule has 3 aromatic rings. The van der Waals surface area contributed by atoms with Crippen molar-refractivity contribution in [1.29, 1.82) is 5.41 Å². The van der Waals surface area contributed by atoms with E-state index in [1.807, 2.05) is 24.3 Å². The second kappa shape index (κ2) is 8.10. The second-order valence-electron chi connectivity index (χ2n) is 6.91. The van der Waals surface area contributed by atoms with E-state index in [1.165, 1.54) is 6.20 Å². The maximum Gasteiger partial charge on any atom is 0.219 e. The van der Waals surface area contributed by atoms with E-state index in [2.05, 4.69) is 10.3 Å². The van der Waals surface area contributed by atoms with Gasteiger partial charge >= 0.3 is 0 Å². The summed E-state index contributed by atoms with van der Waals surface area (Å²) in [5.74, 6) is 1.40. The van der Waals surface area contributed by atoms with Crippen LogP contribution in [0, 0.1) is 5.41 Å². The first kappa shape index (κ1) is 19.2. The third kappa shape index (κ3) is 4.03. The van der Waals surface area contributed by atoms with Crippen molar-refractivity contribution in [2.24, 2.45) is 5.73 Å². The summed E-state index contributed by atoms with van der Waals surface area (Å²) in [4.78, 5) is 4.12. The van der Waals surface area contributed by atoms with Gasteiger partial charge < -0.3 is 21.5 Å². The molecule has 2 aromatic heterocycles. The zero-order valence-corrected chi connectivity index (χ0v) is 16.5. The Morgan fingerprint density at radius 3 is 2.66 bits per heavy atom. The van der Waals surface area contributed by atoms with Crippen LogP contribution in [0.5, 0.6) is 11.6 Å². The average Bonchev–Trinajstić information content (AvgIpc) is 3.08. The number of hydrogen-bond donors (Lipinski definition) is 4. The lowest BCUT2D eigenvalue weighted by molar-refractivity contribution is 0.351. The Kier molecular flexibility index (Phi) is 5.37. The number of nitrogen functional groups attached to an aromatic ring is 2. The monoisotopic (exact) mass is 411 g/mol. The molecule has 0 amide bonds. The third-order valence-corrected chi connectivity index (χ3v) is 5.11. The lowest BCUT2D eigenvalue weighted by Crippen LogP contribution is -2.32. The molecule has 0 saturated carbocycles. The minimum absolute atomic E-state index is 0.0989. The first-order valence-corrected chi connectivity index (χ1v) is 9.73. The van der Waals surface area contributed by atoms with Crippen LogP contribution in [0.2, 0.25) is 5.02 Å². The van der Waals surface area contributed by atoms with Gasteiger partial charge in [-0.15, -0.1) is 0 Å². The Hall–Kier alpha value is -3.10. The van der Waals surface area contributed by atoms with Gasteiger partial charge in [-0.25, -0.2) is 9.67 Å². The minimum atomic E-state index is -0.0989. The molecule has 1 aliphatic rings. The van der Waals surface area contributed by atoms with Crippen molar-refractivity contribution >= 4 is 23.3 Å². The first-order valence-electron chi connectivity index (χ1n) is 9.36. The number of ether oxygens (including phenoxy) is 1. The van der Waals surface area contributed by atoms with E-state index >= 15 is 0 Å². The maximum absolute atomic E-state index is 7.99. The largest absolute Gasteiger partial charge is 0.439 e. The number of piperidine rings is 1. The van der Waals surface area contributed by atoms with Crippen LogP contribution in [0.1, 0.15) is 24.4 Å². The molecule has 1 atom stereocenters. The molecule has 0 aliphatic carbocycles. The molecule has 29 heavy (non-hydrogen) atoms. The smallest absolute Gasteiger partial charge is 0.219 e. The molecule has 1 saturated heterocycles. The number of benzene rings is 1. The van der Waals surface area contributed by atoms with E-state index in [1.54, 1.807) is 16.8 Å². The molecule has 9 heteroatoms. The fourth-order valence-corrected chi connectivity index (χ4v) is 3.57. The van der Waals surface area contributed by atoms with Crippen LogP contribution in [0.25, 0.3) is 11.3 Å². The number of hydrogen-bond acceptors (Lipinski definition) is 6. The molecule has 1 fully saturated rings. The summed E-state index contributed by atoms with van der Waals surface area (Å²) < 4.78 is 7.52. The van der Waals surface area contributed by atoms with Crippen molar-refractivity contribution in [1.82, 2.24) is 20.1 Å². The van der Waals surface area contributed by atoms with Crippen LogP contribution in [-0.2, 0) is 0 Å². The van der Waals surface area contributed by atoms with Gasteiger partial charge in [0.1, 0.15) is 23.1 Å². The molecule has 1 unspecified atom stereocenters. The van der Waals surface area contributed by atoms with Gasteiger partial charge in [0.2, 0.25) is 5.88 Å². The van der Waals surface area contributed by atoms with E-state index < -0.39 is 0 Å². The van der Waals surface area contributed by atoms with Gasteiger partial charge in [0.15, 0.2) is 0 Å². The third-order valence-electron chi connectivity index (χ3n) is 4.88. The molecular weight excluding hydrogens is 390 g/mol. The molecule has 1 aromatic carbocycles. The lowest BCUT2D eigenvalue weighted by atomic mass is 10.1. The highest BCUT2D eigenvalue weighted by molar-refractivity contribution is 6.30. The van der Waals surface area contributed by atoms with Gasteiger partial charge in [-0.3, -0.25) is 5.41 Å². The SMILES string of the molecule is N=C(N)c1c(-c2ccc(Oc3ccc(Cl)cn3)cc2)nn(C2CCCNC2)c1N. The summed E-state index contributed by atoms with van der Waals surface area (Å²) in [5.41, 5.74) is 14.0. The fourth-order valence-electron chi connectivity index (χ4n) is 3.46. The Bertz CT molecular complexity index is 1010. The van der Waals surface area contributed by atoms with Crippen LogP contribution >= 0.6 is 11.6 Å². The zero-order valence-electron chi connectivity index (χ0n) is 15.7. The van der Waals surface area contributed by atoms with Gasteiger partial charge in [0.05, 0.1) is 16.6 Å². The Morgan fingerprint density at radius 2 is 2.03 bits per heavy atom. The molecule has 150 valence electrons. The summed E-state index contributed by atoms with van der Waals surface area (Å²) in [5, 5.41) is 16.6. The highest BCUT2D eigenvalue weighted by Crippen LogP contribution is 2.32. The summed E-state index contributed by atoms with van der Waals surface area (Å²) >= 11 is 5.85. The van der Waals surface area contributed by atoms with Crippen molar-refractivity contribution < 1.29 is 4.74 Å². The number of aromatic nitrogens is 3. The normalized spacial score (nSPS) is 16.5. The predicted octanol–water partition coefficient (Wildman–Crippen LogP) is 3.18. The van der Waals surface area contributed by atoms with Crippen LogP contribution in [0.4, 0.5) is 5.82 Å². The van der Waals surface area contributed by atoms with Crippen molar-refractivity contribution in [2.75, 3.05) is 18.8 Å². The number of nitrogens with two attached hydrogens (primary N) is 2. The number of rotatable bonds is 5. The van der Waals surface area contributed by atoms with Crippen molar-refractivity contribution in [3.63, 3.8) is 0 Å². The van der Waals surface area contributed by atoms with Gasteiger partial charge in [-0.2, -0.15) is 5.10 Å². The lowest BCUT2D eigenvalue weighted by Gasteiger charge is -2.24. The molecule has 0 bridgehead atoms. The molecule has 8 nitrogen and oxygen atoms in total. The van der Waals surface area contributed by atoms with E-state index in [0.717, 1.165) is 31.5 Å². The van der Waals surface area contributed by atoms with Crippen LogP contribution in [0.15, 0.2) is 42.6 Å². The number of nitrogens with zero attached hydrogens (tertiary/aromatic N) is 3. The van der Waals surface area contributed by atoms with Crippen LogP contribution < -0.4 is 21.5 Å². The number of anilines is 1. The highest BCUT2D eigenvalue weighted by atomic mass is 35.5. The molecule has 4 rings (SSSR count). The minimum Gasteiger partial charge on any atom is -0.439 e. The van der Waals surface area contributed by atoms with Crippen LogP contribution in [-0.4, -0.2) is 33.7 Å². The van der Waals surface area contributed by atoms with E-state index in [0.29, 0.717) is 33.7 Å². The standard InChI is InChI=1S/C20H22ClN7O/c21-13-5-8-16(26-10-13)29-15-6-3-12(4-7-15)18-17(19(22)23)20(24)28(27-18)14-2-1-9-25-11-14/h3-8,10,14,25H,1-2,9,11,24H2,(H3,22,23). The molecule has 1 aliphatic heterocycles. The Morgan fingerprint density at radius 1 is 1.24 bits per heavy atom. The quantitative estimate of drug-likeness (QED) is 0.377. The molecular formula is C20H22ClN7O. The Labute approximate surface area is 173 Å². The fraction of sp³-hybridized carbons (Fsp3) is 0.250. The molecule has 3 heterocycles. The molecule has 0 spiro atoms. The highest BCUT2D eigenvalue weighted by Gasteiger charge is 2.25. The van der Waals surface area contributed by atoms with Gasteiger partial charge in [-0.1, -0.05) is 11.6 Å². The van der Waals surface area contributed by atoms with E-state index in [-0.39, 0.29) is 11.9 Å². The summed E-state index contributed by atoms with van der Waals surface area (Å²) in [6, 6.07) is 10.9. The van der Waals surface area contributed by atoms with Crippen molar-refractivity contribution in [3.05, 3.63) is 53.2 Å². The number of halogens is 1. The van der Waals surface area contributed by atoms with E-state index in [9.17, 15) is 0 Å². The molecule has 6 N–H and O–H groups in total. The predicted molar refractivity (Wildman–Crippen MR) is 114 cm³/mol. The van der Waals surface area contributed by atoms with Gasteiger partial charge in [0, 0.05) is 24.4 Å². The zero-order chi connectivity index (χ0) is 20.4. The number of pyridine rings is 1. The van der Waals surface area contributed by atoms with Gasteiger partial charge in [0.25, 0.3) is 0 Å². The van der Waals surface area contributed by atoms with Crippen molar-refractivity contribution in [3.8, 4) is 22.9 Å². The summed E-state index contributed by atoms with van der Waals surface area (Å²) in [6.45, 7) is 1.79. The van der Waals surface area contributed by atoms with E-state index in [4.69, 9.17) is 38.3 Å². The second-order valence-corrected chi connectivity index (χ2v) is 7.34. The molecule has 0 radical (unpaired) electrons. The topological polar surface area (TPSA) is 128 Å². The average molecular weight is 412 g/mol. The van der Waals surface area contributed by atoms with Gasteiger partial charge in [-0.05, 0) is 49.7 Å².